The number of carbonyl (C=O) groups excluding carboxylic acids is 2. The summed E-state index contributed by atoms with van der Waals surface area (Å²) < 4.78 is 0. The minimum Gasteiger partial charge on any atom is -0.357 e. The van der Waals surface area contributed by atoms with Crippen molar-refractivity contribution in [3.05, 3.63) is 106 Å². The molecule has 3 aromatic rings. The molecule has 0 heterocycles. The maximum atomic E-state index is 13.6. The van der Waals surface area contributed by atoms with Gasteiger partial charge in [-0.3, -0.25) is 9.59 Å². The number of rotatable bonds is 8. The van der Waals surface area contributed by atoms with Crippen LogP contribution in [0.15, 0.2) is 72.8 Å². The summed E-state index contributed by atoms with van der Waals surface area (Å²) in [5, 5.41) is 3.31. The van der Waals surface area contributed by atoms with Gasteiger partial charge in [0.15, 0.2) is 0 Å². The SMILES string of the molecule is CNC(=O)[C@@H](Cc1ccccc1)N(Cc1ccccc1Cl)C(=O)Cc1cc(C)cc(C)c1. The second-order valence-corrected chi connectivity index (χ2v) is 8.51. The van der Waals surface area contributed by atoms with Gasteiger partial charge in [0.25, 0.3) is 0 Å². The number of likely N-dealkylation sites (N-methyl/N-ethyl adjacent to an activating group) is 1. The largest absolute Gasteiger partial charge is 0.357 e. The summed E-state index contributed by atoms with van der Waals surface area (Å²) in [6.45, 7) is 4.30. The highest BCUT2D eigenvalue weighted by atomic mass is 35.5. The molecule has 0 saturated carbocycles. The normalized spacial score (nSPS) is 11.6. The fourth-order valence-electron chi connectivity index (χ4n) is 3.98. The topological polar surface area (TPSA) is 49.4 Å². The number of amides is 2. The van der Waals surface area contributed by atoms with E-state index in [1.54, 1.807) is 18.0 Å². The molecule has 0 bridgehead atoms. The van der Waals surface area contributed by atoms with E-state index in [0.717, 1.165) is 27.8 Å². The second kappa shape index (κ2) is 11.0. The third-order valence-corrected chi connectivity index (χ3v) is 5.82. The number of hydrogen-bond acceptors (Lipinski definition) is 2. The Kier molecular flexibility index (Phi) is 8.07. The van der Waals surface area contributed by atoms with Gasteiger partial charge in [0.05, 0.1) is 6.42 Å². The van der Waals surface area contributed by atoms with Crippen LogP contribution in [0.2, 0.25) is 5.02 Å². The molecule has 0 aliphatic heterocycles. The van der Waals surface area contributed by atoms with E-state index in [1.807, 2.05) is 74.5 Å². The molecule has 4 nitrogen and oxygen atoms in total. The molecule has 3 rings (SSSR count). The predicted octanol–water partition coefficient (Wildman–Crippen LogP) is 4.89. The molecule has 2 amide bonds. The average Bonchev–Trinajstić information content (AvgIpc) is 2.76. The molecule has 32 heavy (non-hydrogen) atoms. The Hall–Kier alpha value is -3.11. The number of nitrogens with zero attached hydrogens (tertiary/aromatic N) is 1. The van der Waals surface area contributed by atoms with Crippen molar-refractivity contribution in [1.82, 2.24) is 10.2 Å². The molecule has 1 atom stereocenters. The summed E-state index contributed by atoms with van der Waals surface area (Å²) in [7, 11) is 1.60. The maximum absolute atomic E-state index is 13.6. The third kappa shape index (κ3) is 6.21. The molecular formula is C27H29ClN2O2. The molecule has 5 heteroatoms. The van der Waals surface area contributed by atoms with Gasteiger partial charge in [0.2, 0.25) is 11.8 Å². The van der Waals surface area contributed by atoms with Crippen LogP contribution in [0.5, 0.6) is 0 Å². The van der Waals surface area contributed by atoms with Gasteiger partial charge in [0.1, 0.15) is 6.04 Å². The van der Waals surface area contributed by atoms with Crippen LogP contribution < -0.4 is 5.32 Å². The molecule has 0 spiro atoms. The van der Waals surface area contributed by atoms with Crippen LogP contribution in [0, 0.1) is 13.8 Å². The smallest absolute Gasteiger partial charge is 0.242 e. The van der Waals surface area contributed by atoms with Gasteiger partial charge in [-0.15, -0.1) is 0 Å². The van der Waals surface area contributed by atoms with E-state index in [2.05, 4.69) is 11.4 Å². The van der Waals surface area contributed by atoms with Crippen molar-refractivity contribution in [1.29, 1.82) is 0 Å². The Morgan fingerprint density at radius 2 is 1.53 bits per heavy atom. The summed E-state index contributed by atoms with van der Waals surface area (Å²) in [6.07, 6.45) is 0.638. The number of carbonyl (C=O) groups is 2. The molecule has 0 saturated heterocycles. The highest BCUT2D eigenvalue weighted by molar-refractivity contribution is 6.31. The molecule has 1 N–H and O–H groups in total. The second-order valence-electron chi connectivity index (χ2n) is 8.11. The average molecular weight is 449 g/mol. The lowest BCUT2D eigenvalue weighted by Gasteiger charge is -2.31. The number of benzene rings is 3. The van der Waals surface area contributed by atoms with Crippen molar-refractivity contribution in [3.63, 3.8) is 0 Å². The van der Waals surface area contributed by atoms with E-state index in [9.17, 15) is 9.59 Å². The Balaban J connectivity index is 1.97. The summed E-state index contributed by atoms with van der Waals surface area (Å²) in [5.74, 6) is -0.311. The van der Waals surface area contributed by atoms with Crippen molar-refractivity contribution in [3.8, 4) is 0 Å². The minimum atomic E-state index is -0.655. The fraction of sp³-hybridized carbons (Fsp3) is 0.259. The number of aryl methyl sites for hydroxylation is 2. The van der Waals surface area contributed by atoms with Crippen LogP contribution in [0.4, 0.5) is 0 Å². The fourth-order valence-corrected chi connectivity index (χ4v) is 4.17. The molecule has 0 aliphatic carbocycles. The van der Waals surface area contributed by atoms with E-state index in [-0.39, 0.29) is 24.8 Å². The van der Waals surface area contributed by atoms with Gasteiger partial charge >= 0.3 is 0 Å². The van der Waals surface area contributed by atoms with Crippen LogP contribution in [-0.2, 0) is 29.0 Å². The van der Waals surface area contributed by atoms with Gasteiger partial charge in [-0.1, -0.05) is 89.5 Å². The highest BCUT2D eigenvalue weighted by Crippen LogP contribution is 2.21. The first-order valence-corrected chi connectivity index (χ1v) is 11.1. The monoisotopic (exact) mass is 448 g/mol. The molecule has 0 aliphatic rings. The van der Waals surface area contributed by atoms with E-state index >= 15 is 0 Å². The number of hydrogen-bond donors (Lipinski definition) is 1. The van der Waals surface area contributed by atoms with Gasteiger partial charge in [0, 0.05) is 25.0 Å². The van der Waals surface area contributed by atoms with Crippen LogP contribution in [-0.4, -0.2) is 29.8 Å². The van der Waals surface area contributed by atoms with Crippen LogP contribution in [0.25, 0.3) is 0 Å². The zero-order chi connectivity index (χ0) is 23.1. The van der Waals surface area contributed by atoms with Gasteiger partial charge in [-0.2, -0.15) is 0 Å². The first-order chi connectivity index (χ1) is 15.4. The van der Waals surface area contributed by atoms with Gasteiger partial charge in [-0.05, 0) is 36.6 Å². The van der Waals surface area contributed by atoms with Crippen molar-refractivity contribution in [2.45, 2.75) is 39.3 Å². The maximum Gasteiger partial charge on any atom is 0.242 e. The lowest BCUT2D eigenvalue weighted by atomic mass is 10.0. The summed E-state index contributed by atoms with van der Waals surface area (Å²) in [6, 6.07) is 22.6. The quantitative estimate of drug-likeness (QED) is 0.533. The van der Waals surface area contributed by atoms with Gasteiger partial charge in [-0.25, -0.2) is 0 Å². The van der Waals surface area contributed by atoms with Gasteiger partial charge < -0.3 is 10.2 Å². The van der Waals surface area contributed by atoms with Crippen LogP contribution in [0.3, 0.4) is 0 Å². The first-order valence-electron chi connectivity index (χ1n) is 10.7. The number of halogens is 1. The molecule has 0 radical (unpaired) electrons. The van der Waals surface area contributed by atoms with E-state index in [4.69, 9.17) is 11.6 Å². The van der Waals surface area contributed by atoms with Crippen LogP contribution in [0.1, 0.15) is 27.8 Å². The molecule has 3 aromatic carbocycles. The standard InChI is InChI=1S/C27H29ClN2O2/c1-19-13-20(2)15-22(14-19)17-26(31)30(18-23-11-7-8-12-24(23)28)25(27(32)29-3)16-21-9-5-4-6-10-21/h4-15,25H,16-18H2,1-3H3,(H,29,32)/t25-/m1/s1. The molecule has 0 fully saturated rings. The summed E-state index contributed by atoms with van der Waals surface area (Å²) >= 11 is 6.41. The number of nitrogens with one attached hydrogen (secondary N) is 1. The zero-order valence-electron chi connectivity index (χ0n) is 18.8. The van der Waals surface area contributed by atoms with Crippen molar-refractivity contribution in [2.24, 2.45) is 0 Å². The predicted molar refractivity (Wildman–Crippen MR) is 130 cm³/mol. The van der Waals surface area contributed by atoms with Crippen molar-refractivity contribution >= 4 is 23.4 Å². The summed E-state index contributed by atoms with van der Waals surface area (Å²) in [5.41, 5.74) is 4.96. The van der Waals surface area contributed by atoms with Crippen LogP contribution >= 0.6 is 11.6 Å². The highest BCUT2D eigenvalue weighted by Gasteiger charge is 2.30. The minimum absolute atomic E-state index is 0.112. The Morgan fingerprint density at radius 1 is 0.906 bits per heavy atom. The molecule has 0 unspecified atom stereocenters. The summed E-state index contributed by atoms with van der Waals surface area (Å²) in [4.78, 5) is 28.2. The molecule has 0 aromatic heterocycles. The first kappa shape index (κ1) is 23.6. The molecule has 166 valence electrons. The molecular weight excluding hydrogens is 420 g/mol. The third-order valence-electron chi connectivity index (χ3n) is 5.45. The lowest BCUT2D eigenvalue weighted by Crippen LogP contribution is -2.50. The van der Waals surface area contributed by atoms with E-state index in [0.29, 0.717) is 11.4 Å². The zero-order valence-corrected chi connectivity index (χ0v) is 19.5. The van der Waals surface area contributed by atoms with Crippen molar-refractivity contribution < 1.29 is 9.59 Å². The Labute approximate surface area is 195 Å². The van der Waals surface area contributed by atoms with E-state index < -0.39 is 6.04 Å². The Morgan fingerprint density at radius 3 is 2.16 bits per heavy atom. The lowest BCUT2D eigenvalue weighted by molar-refractivity contribution is -0.140. The Bertz CT molecular complexity index is 1060. The van der Waals surface area contributed by atoms with Crippen molar-refractivity contribution in [2.75, 3.05) is 7.05 Å². The van der Waals surface area contributed by atoms with E-state index in [1.165, 1.54) is 0 Å².